The van der Waals surface area contributed by atoms with Gasteiger partial charge < -0.3 is 0 Å². The summed E-state index contributed by atoms with van der Waals surface area (Å²) in [4.78, 5) is 15.2. The molecule has 0 unspecified atom stereocenters. The molecule has 7 heteroatoms. The normalized spacial score (nSPS) is 21.6. The zero-order valence-corrected chi connectivity index (χ0v) is 18.7. The highest BCUT2D eigenvalue weighted by Crippen LogP contribution is 2.38. The first kappa shape index (κ1) is 18.9. The van der Waals surface area contributed by atoms with Crippen LogP contribution in [0.25, 0.3) is 0 Å². The number of anilines is 1. The number of hydrogen-bond acceptors (Lipinski definition) is 4. The average Bonchev–Trinajstić information content (AvgIpc) is 3.41. The molecule has 1 fully saturated rings. The van der Waals surface area contributed by atoms with Crippen molar-refractivity contribution in [2.45, 2.75) is 46.0 Å². The number of amides is 2. The molecular weight excluding hydrogens is 430 g/mol. The Morgan fingerprint density at radius 2 is 2.03 bits per heavy atom. The summed E-state index contributed by atoms with van der Waals surface area (Å²) in [5, 5.41) is 13.4. The van der Waals surface area contributed by atoms with Crippen LogP contribution in [0.2, 0.25) is 0 Å². The van der Waals surface area contributed by atoms with E-state index in [2.05, 4.69) is 46.9 Å². The lowest BCUT2D eigenvalue weighted by Crippen LogP contribution is -2.47. The summed E-state index contributed by atoms with van der Waals surface area (Å²) in [6, 6.07) is 6.06. The number of rotatable bonds is 4. The summed E-state index contributed by atoms with van der Waals surface area (Å²) in [5.74, 6) is 1.19. The van der Waals surface area contributed by atoms with Gasteiger partial charge in [-0.15, -0.1) is 0 Å². The molecule has 1 aromatic rings. The van der Waals surface area contributed by atoms with E-state index in [1.807, 2.05) is 17.9 Å². The van der Waals surface area contributed by atoms with Crippen LogP contribution in [0.5, 0.6) is 0 Å². The van der Waals surface area contributed by atoms with Gasteiger partial charge in [0.15, 0.2) is 0 Å². The van der Waals surface area contributed by atoms with Gasteiger partial charge in [0.2, 0.25) is 0 Å². The minimum Gasteiger partial charge on any atom is -0.292 e. The Hall–Kier alpha value is -2.15. The molecule has 0 atom stereocenters. The van der Waals surface area contributed by atoms with E-state index in [-0.39, 0.29) is 6.03 Å². The van der Waals surface area contributed by atoms with Crippen molar-refractivity contribution in [2.24, 2.45) is 16.1 Å². The second-order valence-corrected chi connectivity index (χ2v) is 9.59. The van der Waals surface area contributed by atoms with Crippen LogP contribution in [-0.4, -0.2) is 47.0 Å². The van der Waals surface area contributed by atoms with E-state index in [1.165, 1.54) is 29.0 Å². The first-order valence-electron chi connectivity index (χ1n) is 10.4. The van der Waals surface area contributed by atoms with E-state index >= 15 is 0 Å². The zero-order valence-electron chi connectivity index (χ0n) is 17.2. The molecule has 5 rings (SSSR count). The molecule has 2 amide bonds. The van der Waals surface area contributed by atoms with Gasteiger partial charge in [0.05, 0.1) is 23.6 Å². The van der Waals surface area contributed by atoms with Crippen LogP contribution in [0.1, 0.15) is 51.5 Å². The topological polar surface area (TPSA) is 51.5 Å². The number of halogens is 1. The molecule has 0 bridgehead atoms. The molecule has 0 spiro atoms. The van der Waals surface area contributed by atoms with Crippen LogP contribution >= 0.6 is 15.9 Å². The van der Waals surface area contributed by atoms with Crippen LogP contribution in [0.3, 0.4) is 0 Å². The van der Waals surface area contributed by atoms with E-state index in [4.69, 9.17) is 10.2 Å². The molecule has 1 aliphatic carbocycles. The monoisotopic (exact) mass is 455 g/mol. The standard InChI is InChI=1S/C22H26BrN5O/c1-13(2)16-6-7-19(18(23)10-16)28-22(29)27-9-8-17-12-26(11-15-4-5-15)24-14(3)20(25-28)21(17)27/h6-7,10,13,15H,4-5,8-9,11-12H2,1-3H3. The second-order valence-electron chi connectivity index (χ2n) is 8.74. The lowest BCUT2D eigenvalue weighted by atomic mass is 10.0. The number of benzene rings is 1. The molecule has 0 radical (unpaired) electrons. The lowest BCUT2D eigenvalue weighted by Gasteiger charge is -2.32. The molecule has 1 aromatic carbocycles. The number of allylic oxidation sites excluding steroid dienone is 1. The molecule has 4 aliphatic rings. The zero-order chi connectivity index (χ0) is 20.3. The van der Waals surface area contributed by atoms with Crippen molar-refractivity contribution in [3.63, 3.8) is 0 Å². The highest BCUT2D eigenvalue weighted by Gasteiger charge is 2.41. The van der Waals surface area contributed by atoms with Crippen molar-refractivity contribution >= 4 is 39.1 Å². The van der Waals surface area contributed by atoms with Gasteiger partial charge in [-0.1, -0.05) is 19.9 Å². The average molecular weight is 456 g/mol. The number of urea groups is 1. The summed E-state index contributed by atoms with van der Waals surface area (Å²) in [6.07, 6.45) is 3.50. The molecule has 0 saturated heterocycles. The Morgan fingerprint density at radius 3 is 2.72 bits per heavy atom. The minimum atomic E-state index is -0.0832. The second kappa shape index (κ2) is 6.97. The third-order valence-electron chi connectivity index (χ3n) is 6.12. The Kier molecular flexibility index (Phi) is 4.53. The van der Waals surface area contributed by atoms with Crippen molar-refractivity contribution in [2.75, 3.05) is 24.6 Å². The fourth-order valence-corrected chi connectivity index (χ4v) is 4.85. The van der Waals surface area contributed by atoms with Crippen LogP contribution < -0.4 is 5.01 Å². The number of nitrogens with zero attached hydrogens (tertiary/aromatic N) is 5. The molecule has 0 N–H and O–H groups in total. The Balaban J connectivity index is 1.56. The summed E-state index contributed by atoms with van der Waals surface area (Å²) in [5.41, 5.74) is 5.98. The quantitative estimate of drug-likeness (QED) is 0.645. The predicted molar refractivity (Wildman–Crippen MR) is 119 cm³/mol. The molecule has 152 valence electrons. The lowest BCUT2D eigenvalue weighted by molar-refractivity contribution is 0.221. The summed E-state index contributed by atoms with van der Waals surface area (Å²) < 4.78 is 0.881. The first-order valence-corrected chi connectivity index (χ1v) is 11.2. The fraction of sp³-hybridized carbons (Fsp3) is 0.500. The van der Waals surface area contributed by atoms with Gasteiger partial charge in [-0.2, -0.15) is 15.2 Å². The maximum absolute atomic E-state index is 13.3. The first-order chi connectivity index (χ1) is 13.9. The Morgan fingerprint density at radius 1 is 1.24 bits per heavy atom. The maximum atomic E-state index is 13.3. The van der Waals surface area contributed by atoms with Gasteiger partial charge in [-0.3, -0.25) is 9.91 Å². The third-order valence-corrected chi connectivity index (χ3v) is 6.75. The van der Waals surface area contributed by atoms with Gasteiger partial charge in [0.1, 0.15) is 5.71 Å². The maximum Gasteiger partial charge on any atom is 0.349 e. The Bertz CT molecular complexity index is 975. The van der Waals surface area contributed by atoms with Crippen molar-refractivity contribution < 1.29 is 4.79 Å². The summed E-state index contributed by atoms with van der Waals surface area (Å²) in [6.45, 7) is 8.85. The molecule has 0 aromatic heterocycles. The van der Waals surface area contributed by atoms with Crippen LogP contribution in [0, 0.1) is 5.92 Å². The van der Waals surface area contributed by atoms with Crippen molar-refractivity contribution in [3.05, 3.63) is 39.5 Å². The molecule has 1 saturated carbocycles. The number of carbonyl (C=O) groups is 1. The van der Waals surface area contributed by atoms with E-state index in [0.29, 0.717) is 12.5 Å². The van der Waals surface area contributed by atoms with Gasteiger partial charge in [0, 0.05) is 17.6 Å². The minimum absolute atomic E-state index is 0.0832. The molecule has 3 heterocycles. The van der Waals surface area contributed by atoms with Gasteiger partial charge in [-0.25, -0.2) is 4.79 Å². The third kappa shape index (κ3) is 3.29. The van der Waals surface area contributed by atoms with Crippen molar-refractivity contribution in [3.8, 4) is 0 Å². The van der Waals surface area contributed by atoms with Crippen LogP contribution in [0.4, 0.5) is 10.5 Å². The largest absolute Gasteiger partial charge is 0.349 e. The number of hydrogen-bond donors (Lipinski definition) is 0. The van der Waals surface area contributed by atoms with Crippen LogP contribution in [-0.2, 0) is 0 Å². The highest BCUT2D eigenvalue weighted by atomic mass is 79.9. The summed E-state index contributed by atoms with van der Waals surface area (Å²) >= 11 is 3.66. The molecule has 6 nitrogen and oxygen atoms in total. The smallest absolute Gasteiger partial charge is 0.292 e. The Labute approximate surface area is 180 Å². The van der Waals surface area contributed by atoms with Crippen molar-refractivity contribution in [1.29, 1.82) is 0 Å². The van der Waals surface area contributed by atoms with Gasteiger partial charge in [0.25, 0.3) is 0 Å². The van der Waals surface area contributed by atoms with E-state index in [9.17, 15) is 4.79 Å². The SMILES string of the molecule is CC1=NN(CC2CC2)CC2=C3C1=NN(c1ccc(C(C)C)cc1Br)C(=O)N3CC2. The predicted octanol–water partition coefficient (Wildman–Crippen LogP) is 4.93. The van der Waals surface area contributed by atoms with E-state index in [1.54, 1.807) is 0 Å². The van der Waals surface area contributed by atoms with Gasteiger partial charge >= 0.3 is 6.03 Å². The van der Waals surface area contributed by atoms with E-state index < -0.39 is 0 Å². The summed E-state index contributed by atoms with van der Waals surface area (Å²) in [7, 11) is 0. The molecular formula is C22H26BrN5O. The fourth-order valence-electron chi connectivity index (χ4n) is 4.29. The molecule has 29 heavy (non-hydrogen) atoms. The number of hydrazone groups is 2. The molecule has 3 aliphatic heterocycles. The van der Waals surface area contributed by atoms with E-state index in [0.717, 1.165) is 52.7 Å². The van der Waals surface area contributed by atoms with Crippen LogP contribution in [0.15, 0.2) is 44.1 Å². The van der Waals surface area contributed by atoms with Gasteiger partial charge in [-0.05, 0) is 77.2 Å². The van der Waals surface area contributed by atoms with Crippen molar-refractivity contribution in [1.82, 2.24) is 9.91 Å². The highest BCUT2D eigenvalue weighted by molar-refractivity contribution is 9.10. The number of carbonyl (C=O) groups excluding carboxylic acids is 1.